The molecule has 34 heavy (non-hydrogen) atoms. The van der Waals surface area contributed by atoms with E-state index in [1.165, 1.54) is 4.90 Å². The second kappa shape index (κ2) is 11.3. The molecule has 0 aliphatic heterocycles. The molecule has 9 nitrogen and oxygen atoms in total. The fourth-order valence-electron chi connectivity index (χ4n) is 3.12. The zero-order valence-electron chi connectivity index (χ0n) is 19.7. The fraction of sp³-hybridized carbons (Fsp3) is 0.360. The molecule has 0 spiro atoms. The van der Waals surface area contributed by atoms with Crippen LogP contribution in [-0.2, 0) is 16.1 Å². The van der Waals surface area contributed by atoms with Gasteiger partial charge in [-0.1, -0.05) is 48.8 Å². The molecule has 0 bridgehead atoms. The van der Waals surface area contributed by atoms with Crippen molar-refractivity contribution in [2.45, 2.75) is 40.3 Å². The van der Waals surface area contributed by atoms with Crippen molar-refractivity contribution in [1.29, 1.82) is 0 Å². The van der Waals surface area contributed by atoms with Crippen LogP contribution >= 0.6 is 0 Å². The van der Waals surface area contributed by atoms with Crippen molar-refractivity contribution in [2.24, 2.45) is 5.92 Å². The molecule has 2 aromatic carbocycles. The molecule has 0 radical (unpaired) electrons. The highest BCUT2D eigenvalue weighted by Crippen LogP contribution is 2.24. The van der Waals surface area contributed by atoms with Gasteiger partial charge in [0.1, 0.15) is 12.3 Å². The average molecular weight is 468 g/mol. The normalized spacial score (nSPS) is 11.8. The number of nitrogens with zero attached hydrogens (tertiary/aromatic N) is 3. The number of amides is 1. The molecule has 3 rings (SSSR count). The quantitative estimate of drug-likeness (QED) is 0.449. The van der Waals surface area contributed by atoms with E-state index in [4.69, 9.17) is 14.0 Å². The monoisotopic (exact) mass is 467 g/mol. The van der Waals surface area contributed by atoms with Crippen LogP contribution in [0.5, 0.6) is 5.75 Å². The van der Waals surface area contributed by atoms with Crippen LogP contribution in [0.3, 0.4) is 0 Å². The van der Waals surface area contributed by atoms with Crippen molar-refractivity contribution in [3.8, 4) is 17.2 Å². The third-order valence-electron chi connectivity index (χ3n) is 5.04. The Kier molecular flexibility index (Phi) is 8.24. The number of carbonyl (C=O) groups excluding carboxylic acids is 1. The summed E-state index contributed by atoms with van der Waals surface area (Å²) in [4.78, 5) is 29.3. The minimum atomic E-state index is -1.11. The van der Waals surface area contributed by atoms with E-state index in [0.29, 0.717) is 17.5 Å². The summed E-state index contributed by atoms with van der Waals surface area (Å²) >= 11 is 0. The Morgan fingerprint density at radius 2 is 1.74 bits per heavy atom. The maximum absolute atomic E-state index is 12.4. The molecular formula is C25H29N3O6. The lowest BCUT2D eigenvalue weighted by molar-refractivity contribution is -0.138. The van der Waals surface area contributed by atoms with Gasteiger partial charge in [-0.2, -0.15) is 4.98 Å². The van der Waals surface area contributed by atoms with Crippen LogP contribution < -0.4 is 4.74 Å². The number of aryl methyl sites for hydroxylation is 1. The highest BCUT2D eigenvalue weighted by molar-refractivity contribution is 5.77. The standard InChI is InChI=1S/C25H29N3O6/c1-16(2)14-33-25(31)28(13-23(29)30)18(4)19-9-11-21(12-10-19)32-15-22-26-24(34-27-22)20-7-5-17(3)6-8-20/h5-12,16,18H,13-15H2,1-4H3,(H,29,30)/t18-/m0/s1. The van der Waals surface area contributed by atoms with Crippen LogP contribution in [0.1, 0.15) is 43.8 Å². The zero-order valence-corrected chi connectivity index (χ0v) is 19.7. The van der Waals surface area contributed by atoms with E-state index in [9.17, 15) is 14.7 Å². The maximum atomic E-state index is 12.4. The van der Waals surface area contributed by atoms with Gasteiger partial charge in [0, 0.05) is 5.56 Å². The molecule has 0 saturated carbocycles. The van der Waals surface area contributed by atoms with Gasteiger partial charge >= 0.3 is 12.1 Å². The van der Waals surface area contributed by atoms with Crippen LogP contribution in [0, 0.1) is 12.8 Å². The molecular weight excluding hydrogens is 438 g/mol. The second-order valence-electron chi connectivity index (χ2n) is 8.41. The van der Waals surface area contributed by atoms with Crippen molar-refractivity contribution in [3.05, 3.63) is 65.5 Å². The molecule has 9 heteroatoms. The number of rotatable bonds is 10. The summed E-state index contributed by atoms with van der Waals surface area (Å²) in [6, 6.07) is 14.3. The number of benzene rings is 2. The van der Waals surface area contributed by atoms with Gasteiger partial charge in [-0.25, -0.2) is 4.79 Å². The van der Waals surface area contributed by atoms with Crippen LogP contribution in [0.25, 0.3) is 11.5 Å². The van der Waals surface area contributed by atoms with Crippen molar-refractivity contribution < 1.29 is 28.7 Å². The van der Waals surface area contributed by atoms with E-state index in [2.05, 4.69) is 10.1 Å². The molecule has 0 aliphatic carbocycles. The molecule has 0 saturated heterocycles. The summed E-state index contributed by atoms with van der Waals surface area (Å²) in [6.07, 6.45) is -0.662. The summed E-state index contributed by atoms with van der Waals surface area (Å²) in [6.45, 7) is 7.46. The zero-order chi connectivity index (χ0) is 24.7. The smallest absolute Gasteiger partial charge is 0.410 e. The summed E-state index contributed by atoms with van der Waals surface area (Å²) in [7, 11) is 0. The lowest BCUT2D eigenvalue weighted by Gasteiger charge is -2.27. The van der Waals surface area contributed by atoms with Gasteiger partial charge in [0.15, 0.2) is 6.61 Å². The molecule has 1 N–H and O–H groups in total. The Morgan fingerprint density at radius 1 is 1.06 bits per heavy atom. The SMILES string of the molecule is Cc1ccc(-c2nc(COc3ccc([C@H](C)N(CC(=O)O)C(=O)OCC(C)C)cc3)no2)cc1. The van der Waals surface area contributed by atoms with Gasteiger partial charge in [0.25, 0.3) is 5.89 Å². The Labute approximate surface area is 198 Å². The van der Waals surface area contributed by atoms with Gasteiger partial charge in [-0.3, -0.25) is 9.69 Å². The van der Waals surface area contributed by atoms with Crippen LogP contribution in [0.2, 0.25) is 0 Å². The van der Waals surface area contributed by atoms with E-state index < -0.39 is 24.6 Å². The number of hydrogen-bond donors (Lipinski definition) is 1. The Morgan fingerprint density at radius 3 is 2.35 bits per heavy atom. The van der Waals surface area contributed by atoms with Crippen LogP contribution in [0.15, 0.2) is 53.1 Å². The highest BCUT2D eigenvalue weighted by atomic mass is 16.6. The molecule has 0 fully saturated rings. The van der Waals surface area contributed by atoms with Gasteiger partial charge in [-0.15, -0.1) is 0 Å². The van der Waals surface area contributed by atoms with Crippen LogP contribution in [0.4, 0.5) is 4.79 Å². The third-order valence-corrected chi connectivity index (χ3v) is 5.04. The maximum Gasteiger partial charge on any atom is 0.410 e. The first-order valence-corrected chi connectivity index (χ1v) is 11.0. The van der Waals surface area contributed by atoms with Crippen molar-refractivity contribution in [1.82, 2.24) is 15.0 Å². The topological polar surface area (TPSA) is 115 Å². The van der Waals surface area contributed by atoms with E-state index in [1.54, 1.807) is 31.2 Å². The number of aliphatic carboxylic acids is 1. The molecule has 0 aliphatic rings. The summed E-state index contributed by atoms with van der Waals surface area (Å²) in [5, 5.41) is 13.2. The fourth-order valence-corrected chi connectivity index (χ4v) is 3.12. The lowest BCUT2D eigenvalue weighted by Crippen LogP contribution is -2.38. The van der Waals surface area contributed by atoms with E-state index in [0.717, 1.165) is 16.7 Å². The second-order valence-corrected chi connectivity index (χ2v) is 8.41. The molecule has 1 amide bonds. The van der Waals surface area contributed by atoms with Crippen molar-refractivity contribution >= 4 is 12.1 Å². The Hall–Kier alpha value is -3.88. The van der Waals surface area contributed by atoms with Gasteiger partial charge in [0.2, 0.25) is 5.82 Å². The summed E-state index contributed by atoms with van der Waals surface area (Å²) in [5.74, 6) is 0.442. The number of carboxylic acids is 1. The van der Waals surface area contributed by atoms with Gasteiger partial charge in [-0.05, 0) is 49.6 Å². The molecule has 1 aromatic heterocycles. The predicted octanol–water partition coefficient (Wildman–Crippen LogP) is 4.86. The largest absolute Gasteiger partial charge is 0.485 e. The van der Waals surface area contributed by atoms with Gasteiger partial charge in [0.05, 0.1) is 12.6 Å². The van der Waals surface area contributed by atoms with Crippen molar-refractivity contribution in [2.75, 3.05) is 13.2 Å². The molecule has 180 valence electrons. The highest BCUT2D eigenvalue weighted by Gasteiger charge is 2.25. The number of carbonyl (C=O) groups is 2. The molecule has 1 atom stereocenters. The first kappa shape index (κ1) is 24.8. The summed E-state index contributed by atoms with van der Waals surface area (Å²) < 4.78 is 16.3. The minimum absolute atomic E-state index is 0.122. The Balaban J connectivity index is 1.61. The van der Waals surface area contributed by atoms with Gasteiger partial charge < -0.3 is 19.1 Å². The average Bonchev–Trinajstić information content (AvgIpc) is 3.29. The third kappa shape index (κ3) is 6.81. The summed E-state index contributed by atoms with van der Waals surface area (Å²) in [5.41, 5.74) is 2.72. The minimum Gasteiger partial charge on any atom is -0.485 e. The number of aromatic nitrogens is 2. The Bertz CT molecular complexity index is 1090. The first-order chi connectivity index (χ1) is 16.2. The first-order valence-electron chi connectivity index (χ1n) is 11.0. The lowest BCUT2D eigenvalue weighted by atomic mass is 10.1. The molecule has 3 aromatic rings. The number of carboxylic acid groups (broad SMARTS) is 1. The predicted molar refractivity (Wildman–Crippen MR) is 124 cm³/mol. The van der Waals surface area contributed by atoms with Crippen LogP contribution in [-0.4, -0.2) is 45.4 Å². The number of ether oxygens (including phenoxy) is 2. The molecule has 1 heterocycles. The number of hydrogen-bond acceptors (Lipinski definition) is 7. The van der Waals surface area contributed by atoms with E-state index >= 15 is 0 Å². The van der Waals surface area contributed by atoms with E-state index in [1.807, 2.05) is 45.0 Å². The van der Waals surface area contributed by atoms with Crippen molar-refractivity contribution in [3.63, 3.8) is 0 Å². The van der Waals surface area contributed by atoms with E-state index in [-0.39, 0.29) is 19.1 Å². The molecule has 0 unspecified atom stereocenters.